The molecule has 5 nitrogen and oxygen atoms in total. The third kappa shape index (κ3) is 3.98. The number of aromatic nitrogens is 1. The summed E-state index contributed by atoms with van der Waals surface area (Å²) < 4.78 is 26.1. The van der Waals surface area contributed by atoms with Gasteiger partial charge in [0.1, 0.15) is 0 Å². The topological polar surface area (TPSA) is 71.1 Å². The minimum atomic E-state index is -3.28. The van der Waals surface area contributed by atoms with Crippen LogP contribution < -0.4 is 10.0 Å². The molecule has 0 saturated heterocycles. The highest BCUT2D eigenvalue weighted by Crippen LogP contribution is 2.18. The monoisotopic (exact) mass is 255 g/mol. The quantitative estimate of drug-likeness (QED) is 0.791. The Balaban J connectivity index is 1.89. The van der Waals surface area contributed by atoms with Gasteiger partial charge in [-0.15, -0.1) is 0 Å². The van der Waals surface area contributed by atoms with E-state index in [2.05, 4.69) is 15.0 Å². The zero-order chi connectivity index (χ0) is 12.3. The predicted octanol–water partition coefficient (Wildman–Crippen LogP) is 0.884. The van der Waals surface area contributed by atoms with Gasteiger partial charge in [-0.1, -0.05) is 0 Å². The zero-order valence-corrected chi connectivity index (χ0v) is 10.6. The predicted molar refractivity (Wildman–Crippen MR) is 67.4 cm³/mol. The number of nitrogens with zero attached hydrogens (tertiary/aromatic N) is 1. The lowest BCUT2D eigenvalue weighted by Crippen LogP contribution is -2.28. The Morgan fingerprint density at radius 2 is 2.24 bits per heavy atom. The van der Waals surface area contributed by atoms with E-state index in [9.17, 15) is 8.42 Å². The van der Waals surface area contributed by atoms with Crippen LogP contribution in [0.4, 0.5) is 5.69 Å². The molecule has 1 aromatic heterocycles. The second-order valence-electron chi connectivity index (χ2n) is 4.29. The Bertz CT molecular complexity index is 483. The molecule has 1 aliphatic carbocycles. The molecule has 0 spiro atoms. The van der Waals surface area contributed by atoms with Crippen LogP contribution in [0.3, 0.4) is 0 Å². The summed E-state index contributed by atoms with van der Waals surface area (Å²) in [4.78, 5) is 4.04. The first-order valence-corrected chi connectivity index (χ1v) is 7.37. The van der Waals surface area contributed by atoms with E-state index in [1.165, 1.54) is 0 Å². The van der Waals surface area contributed by atoms with Crippen LogP contribution in [0.1, 0.15) is 18.5 Å². The summed E-state index contributed by atoms with van der Waals surface area (Å²) in [6, 6.07) is 3.96. The Morgan fingerprint density at radius 1 is 1.47 bits per heavy atom. The van der Waals surface area contributed by atoms with E-state index in [1.54, 1.807) is 25.3 Å². The van der Waals surface area contributed by atoms with Crippen molar-refractivity contribution in [3.05, 3.63) is 24.0 Å². The molecule has 94 valence electrons. The molecule has 1 saturated carbocycles. The maximum Gasteiger partial charge on any atom is 0.234 e. The number of rotatable bonds is 6. The average molecular weight is 255 g/mol. The first kappa shape index (κ1) is 12.3. The molecular weight excluding hydrogens is 238 g/mol. The van der Waals surface area contributed by atoms with E-state index < -0.39 is 10.0 Å². The van der Waals surface area contributed by atoms with Crippen LogP contribution in [-0.4, -0.2) is 31.7 Å². The second kappa shape index (κ2) is 5.01. The Hall–Kier alpha value is -1.14. The molecule has 0 atom stereocenters. The Labute approximate surface area is 102 Å². The van der Waals surface area contributed by atoms with Crippen LogP contribution in [0.5, 0.6) is 0 Å². The lowest BCUT2D eigenvalue weighted by atomic mass is 10.3. The lowest BCUT2D eigenvalue weighted by Gasteiger charge is -2.09. The van der Waals surface area contributed by atoms with E-state index in [0.717, 1.165) is 12.8 Å². The summed E-state index contributed by atoms with van der Waals surface area (Å²) in [5.74, 6) is 0.0951. The molecule has 2 rings (SSSR count). The minimum absolute atomic E-state index is 0.0951. The normalized spacial score (nSPS) is 15.8. The van der Waals surface area contributed by atoms with Crippen LogP contribution >= 0.6 is 0 Å². The van der Waals surface area contributed by atoms with Crippen molar-refractivity contribution < 1.29 is 8.42 Å². The number of anilines is 1. The van der Waals surface area contributed by atoms with Crippen molar-refractivity contribution in [3.63, 3.8) is 0 Å². The van der Waals surface area contributed by atoms with Gasteiger partial charge in [-0.3, -0.25) is 9.71 Å². The third-order valence-corrected chi connectivity index (χ3v) is 3.93. The number of sulfonamides is 1. The molecule has 17 heavy (non-hydrogen) atoms. The van der Waals surface area contributed by atoms with Gasteiger partial charge in [0.15, 0.2) is 0 Å². The number of nitrogens with one attached hydrogen (secondary N) is 2. The van der Waals surface area contributed by atoms with Crippen LogP contribution in [0.2, 0.25) is 0 Å². The molecule has 1 aromatic rings. The Morgan fingerprint density at radius 3 is 2.88 bits per heavy atom. The molecule has 1 heterocycles. The highest BCUT2D eigenvalue weighted by molar-refractivity contribution is 7.92. The third-order valence-electron chi connectivity index (χ3n) is 2.65. The van der Waals surface area contributed by atoms with Gasteiger partial charge in [0, 0.05) is 18.8 Å². The summed E-state index contributed by atoms with van der Waals surface area (Å²) >= 11 is 0. The van der Waals surface area contributed by atoms with Gasteiger partial charge in [-0.05, 0) is 31.9 Å². The largest absolute Gasteiger partial charge is 0.313 e. The van der Waals surface area contributed by atoms with Gasteiger partial charge >= 0.3 is 0 Å². The molecule has 0 radical (unpaired) electrons. The first-order chi connectivity index (χ1) is 8.07. The molecule has 1 aliphatic rings. The standard InChI is InChI=1S/C11H17N3O2S/c1-9-11(3-2-6-12-9)14-17(15,16)8-7-13-10-4-5-10/h2-3,6,10,13-14H,4-5,7-8H2,1H3. The lowest BCUT2D eigenvalue weighted by molar-refractivity contribution is 0.595. The van der Waals surface area contributed by atoms with Crippen LogP contribution in [-0.2, 0) is 10.0 Å². The van der Waals surface area contributed by atoms with Crippen LogP contribution in [0.15, 0.2) is 18.3 Å². The molecule has 0 amide bonds. The van der Waals surface area contributed by atoms with E-state index in [0.29, 0.717) is 24.0 Å². The summed E-state index contributed by atoms with van der Waals surface area (Å²) in [6.07, 6.45) is 3.96. The summed E-state index contributed by atoms with van der Waals surface area (Å²) in [7, 11) is -3.28. The molecular formula is C11H17N3O2S. The number of hydrogen-bond donors (Lipinski definition) is 2. The number of aryl methyl sites for hydroxylation is 1. The zero-order valence-electron chi connectivity index (χ0n) is 9.81. The minimum Gasteiger partial charge on any atom is -0.313 e. The van der Waals surface area contributed by atoms with Crippen molar-refractivity contribution in [2.75, 3.05) is 17.0 Å². The van der Waals surface area contributed by atoms with Crippen molar-refractivity contribution in [3.8, 4) is 0 Å². The maximum atomic E-state index is 11.8. The number of hydrogen-bond acceptors (Lipinski definition) is 4. The van der Waals surface area contributed by atoms with E-state index in [-0.39, 0.29) is 5.75 Å². The highest BCUT2D eigenvalue weighted by Gasteiger charge is 2.21. The average Bonchev–Trinajstić information content (AvgIpc) is 3.05. The molecule has 0 aliphatic heterocycles. The fourth-order valence-electron chi connectivity index (χ4n) is 1.50. The summed E-state index contributed by atoms with van der Waals surface area (Å²) in [6.45, 7) is 2.28. The molecule has 0 unspecified atom stereocenters. The summed E-state index contributed by atoms with van der Waals surface area (Å²) in [5.41, 5.74) is 1.24. The smallest absolute Gasteiger partial charge is 0.234 e. The van der Waals surface area contributed by atoms with Crippen LogP contribution in [0, 0.1) is 6.92 Å². The SMILES string of the molecule is Cc1ncccc1NS(=O)(=O)CCNC1CC1. The van der Waals surface area contributed by atoms with Crippen molar-refractivity contribution >= 4 is 15.7 Å². The fraction of sp³-hybridized carbons (Fsp3) is 0.545. The fourth-order valence-corrected chi connectivity index (χ4v) is 2.53. The second-order valence-corrected chi connectivity index (χ2v) is 6.13. The molecule has 6 heteroatoms. The van der Waals surface area contributed by atoms with Gasteiger partial charge in [0.25, 0.3) is 0 Å². The van der Waals surface area contributed by atoms with E-state index >= 15 is 0 Å². The van der Waals surface area contributed by atoms with Gasteiger partial charge in [-0.25, -0.2) is 8.42 Å². The van der Waals surface area contributed by atoms with Gasteiger partial charge in [-0.2, -0.15) is 0 Å². The van der Waals surface area contributed by atoms with Crippen LogP contribution in [0.25, 0.3) is 0 Å². The molecule has 0 bridgehead atoms. The summed E-state index contributed by atoms with van der Waals surface area (Å²) in [5, 5.41) is 3.18. The molecule has 2 N–H and O–H groups in total. The Kier molecular flexibility index (Phi) is 3.63. The van der Waals surface area contributed by atoms with E-state index in [1.807, 2.05) is 0 Å². The van der Waals surface area contributed by atoms with Gasteiger partial charge in [0.05, 0.1) is 17.1 Å². The van der Waals surface area contributed by atoms with Gasteiger partial charge in [0.2, 0.25) is 10.0 Å². The maximum absolute atomic E-state index is 11.8. The van der Waals surface area contributed by atoms with E-state index in [4.69, 9.17) is 0 Å². The number of pyridine rings is 1. The molecule has 1 fully saturated rings. The van der Waals surface area contributed by atoms with Crippen molar-refractivity contribution in [2.45, 2.75) is 25.8 Å². The van der Waals surface area contributed by atoms with Crippen molar-refractivity contribution in [2.24, 2.45) is 0 Å². The van der Waals surface area contributed by atoms with Gasteiger partial charge < -0.3 is 5.32 Å². The molecule has 0 aromatic carbocycles. The highest BCUT2D eigenvalue weighted by atomic mass is 32.2. The first-order valence-electron chi connectivity index (χ1n) is 5.72. The van der Waals surface area contributed by atoms with Crippen molar-refractivity contribution in [1.82, 2.24) is 10.3 Å². The van der Waals surface area contributed by atoms with Crippen molar-refractivity contribution in [1.29, 1.82) is 0 Å².